The highest BCUT2D eigenvalue weighted by Crippen LogP contribution is 2.35. The zero-order valence-corrected chi connectivity index (χ0v) is 15.8. The molecule has 0 aliphatic carbocycles. The van der Waals surface area contributed by atoms with Crippen molar-refractivity contribution in [1.82, 2.24) is 4.98 Å². The summed E-state index contributed by atoms with van der Waals surface area (Å²) in [5.74, 6) is -0.136. The van der Waals surface area contributed by atoms with Crippen molar-refractivity contribution in [2.75, 3.05) is 23.4 Å². The molecule has 1 aliphatic heterocycles. The number of anilines is 2. The average Bonchev–Trinajstić information content (AvgIpc) is 2.94. The molecule has 1 aromatic carbocycles. The molecule has 0 spiro atoms. The molecule has 0 radical (unpaired) electrons. The first-order valence-corrected chi connectivity index (χ1v) is 9.19. The number of nitrogens with zero attached hydrogens (tertiary/aromatic N) is 4. The number of benzene rings is 1. The number of hydrogen-bond donors (Lipinski definition) is 0. The number of nitriles is 1. The van der Waals surface area contributed by atoms with Crippen molar-refractivity contribution in [3.8, 4) is 6.07 Å². The van der Waals surface area contributed by atoms with E-state index in [2.05, 4.69) is 11.1 Å². The predicted molar refractivity (Wildman–Crippen MR) is 110 cm³/mol. The quantitative estimate of drug-likeness (QED) is 0.580. The Hall–Kier alpha value is -2.69. The van der Waals surface area contributed by atoms with Gasteiger partial charge in [-0.25, -0.2) is 0 Å². The summed E-state index contributed by atoms with van der Waals surface area (Å²) >= 11 is 6.64. The van der Waals surface area contributed by atoms with Crippen molar-refractivity contribution >= 4 is 51.7 Å². The molecule has 1 amide bonds. The molecule has 0 bridgehead atoms. The Bertz CT molecular complexity index is 888. The number of rotatable bonds is 5. The summed E-state index contributed by atoms with van der Waals surface area (Å²) in [5, 5.41) is 8.68. The van der Waals surface area contributed by atoms with Crippen molar-refractivity contribution < 1.29 is 4.79 Å². The zero-order valence-electron chi connectivity index (χ0n) is 14.1. The zero-order chi connectivity index (χ0) is 18.5. The van der Waals surface area contributed by atoms with Crippen molar-refractivity contribution in [1.29, 1.82) is 5.26 Å². The van der Waals surface area contributed by atoms with E-state index in [9.17, 15) is 4.79 Å². The van der Waals surface area contributed by atoms with Gasteiger partial charge in [0.05, 0.1) is 29.3 Å². The van der Waals surface area contributed by atoms with Crippen LogP contribution in [-0.2, 0) is 4.79 Å². The van der Waals surface area contributed by atoms with E-state index in [-0.39, 0.29) is 5.91 Å². The summed E-state index contributed by atoms with van der Waals surface area (Å²) in [4.78, 5) is 20.9. The van der Waals surface area contributed by atoms with E-state index in [1.165, 1.54) is 16.7 Å². The maximum Gasteiger partial charge on any atom is 0.270 e. The Morgan fingerprint density at radius 2 is 2.12 bits per heavy atom. The molecule has 1 aromatic heterocycles. The van der Waals surface area contributed by atoms with E-state index >= 15 is 0 Å². The molecule has 2 heterocycles. The van der Waals surface area contributed by atoms with Crippen LogP contribution in [0.15, 0.2) is 53.7 Å². The Balaban J connectivity index is 1.77. The monoisotopic (exact) mass is 380 g/mol. The Labute approximate surface area is 161 Å². The minimum absolute atomic E-state index is 0.136. The first kappa shape index (κ1) is 18.1. The fourth-order valence-electron chi connectivity index (χ4n) is 2.50. The number of carbonyl (C=O) groups excluding carboxylic acids is 1. The lowest BCUT2D eigenvalue weighted by molar-refractivity contribution is -0.113. The minimum atomic E-state index is -0.136. The van der Waals surface area contributed by atoms with Gasteiger partial charge >= 0.3 is 0 Å². The Morgan fingerprint density at radius 3 is 2.77 bits per heavy atom. The van der Waals surface area contributed by atoms with Crippen molar-refractivity contribution in [3.05, 3.63) is 59.3 Å². The van der Waals surface area contributed by atoms with Crippen LogP contribution in [-0.4, -0.2) is 28.8 Å². The van der Waals surface area contributed by atoms with Gasteiger partial charge in [0.25, 0.3) is 5.91 Å². The van der Waals surface area contributed by atoms with Gasteiger partial charge in [0.1, 0.15) is 0 Å². The van der Waals surface area contributed by atoms with E-state index in [4.69, 9.17) is 17.5 Å². The third-order valence-electron chi connectivity index (χ3n) is 3.89. The number of thioether (sulfide) groups is 1. The van der Waals surface area contributed by atoms with Gasteiger partial charge in [0.2, 0.25) is 0 Å². The lowest BCUT2D eigenvalue weighted by atomic mass is 10.1. The van der Waals surface area contributed by atoms with Crippen molar-refractivity contribution in [3.63, 3.8) is 0 Å². The molecule has 0 unspecified atom stereocenters. The molecular weight excluding hydrogens is 364 g/mol. The molecule has 1 aliphatic rings. The molecular formula is C19H16N4OS2. The van der Waals surface area contributed by atoms with Gasteiger partial charge < -0.3 is 4.90 Å². The molecule has 5 nitrogen and oxygen atoms in total. The van der Waals surface area contributed by atoms with Crippen LogP contribution >= 0.6 is 24.0 Å². The summed E-state index contributed by atoms with van der Waals surface area (Å²) in [6, 6.07) is 13.6. The van der Waals surface area contributed by atoms with E-state index in [1.807, 2.05) is 48.4 Å². The lowest BCUT2D eigenvalue weighted by Crippen LogP contribution is -2.27. The lowest BCUT2D eigenvalue weighted by Gasteiger charge is -2.17. The molecule has 0 atom stereocenters. The highest BCUT2D eigenvalue weighted by Gasteiger charge is 2.33. The minimum Gasteiger partial charge on any atom is -0.374 e. The number of carbonyl (C=O) groups is 1. The van der Waals surface area contributed by atoms with Gasteiger partial charge in [0.15, 0.2) is 4.32 Å². The van der Waals surface area contributed by atoms with Crippen LogP contribution in [0, 0.1) is 11.3 Å². The largest absolute Gasteiger partial charge is 0.374 e. The molecule has 3 rings (SSSR count). The standard InChI is InChI=1S/C19H16N4OS2/c1-22(11-3-9-20)15-7-5-14(6-8-15)12-17-18(24)23(19(25)26-17)16-4-2-10-21-13-16/h2,4-8,10,12-13H,3,11H2,1H3/b17-12-. The molecule has 130 valence electrons. The Morgan fingerprint density at radius 1 is 1.35 bits per heavy atom. The number of amides is 1. The average molecular weight is 380 g/mol. The van der Waals surface area contributed by atoms with Crippen molar-refractivity contribution in [2.45, 2.75) is 6.42 Å². The maximum absolute atomic E-state index is 12.7. The Kier molecular flexibility index (Phi) is 5.66. The van der Waals surface area contributed by atoms with Crippen LogP contribution in [0.1, 0.15) is 12.0 Å². The van der Waals surface area contributed by atoms with Gasteiger partial charge in [-0.3, -0.25) is 14.7 Å². The predicted octanol–water partition coefficient (Wildman–Crippen LogP) is 3.84. The van der Waals surface area contributed by atoms with Crippen LogP contribution < -0.4 is 9.80 Å². The summed E-state index contributed by atoms with van der Waals surface area (Å²) in [7, 11) is 1.95. The first-order chi connectivity index (χ1) is 12.6. The van der Waals surface area contributed by atoms with Gasteiger partial charge in [-0.05, 0) is 35.9 Å². The number of aromatic nitrogens is 1. The third-order valence-corrected chi connectivity index (χ3v) is 5.19. The van der Waals surface area contributed by atoms with Gasteiger partial charge in [-0.15, -0.1) is 0 Å². The smallest absolute Gasteiger partial charge is 0.270 e. The van der Waals surface area contributed by atoms with Crippen LogP contribution in [0.3, 0.4) is 0 Å². The highest BCUT2D eigenvalue weighted by atomic mass is 32.2. The summed E-state index contributed by atoms with van der Waals surface area (Å²) < 4.78 is 0.502. The first-order valence-electron chi connectivity index (χ1n) is 7.96. The van der Waals surface area contributed by atoms with E-state index in [1.54, 1.807) is 18.5 Å². The topological polar surface area (TPSA) is 60.2 Å². The normalized spacial score (nSPS) is 15.4. The molecule has 2 aromatic rings. The second-order valence-electron chi connectivity index (χ2n) is 5.65. The van der Waals surface area contributed by atoms with Gasteiger partial charge in [-0.1, -0.05) is 36.1 Å². The van der Waals surface area contributed by atoms with Gasteiger partial charge in [-0.2, -0.15) is 5.26 Å². The molecule has 26 heavy (non-hydrogen) atoms. The second kappa shape index (κ2) is 8.13. The molecule has 0 N–H and O–H groups in total. The van der Waals surface area contributed by atoms with Gasteiger partial charge in [0, 0.05) is 25.5 Å². The molecule has 1 saturated heterocycles. The van der Waals surface area contributed by atoms with Crippen LogP contribution in [0.4, 0.5) is 11.4 Å². The SMILES string of the molecule is CN(CCC#N)c1ccc(/C=C2\SC(=S)N(c3cccnc3)C2=O)cc1. The van der Waals surface area contributed by atoms with E-state index < -0.39 is 0 Å². The molecule has 0 saturated carbocycles. The number of hydrogen-bond acceptors (Lipinski definition) is 6. The third kappa shape index (κ3) is 3.93. The molecule has 7 heteroatoms. The second-order valence-corrected chi connectivity index (χ2v) is 7.33. The fourth-order valence-corrected chi connectivity index (χ4v) is 3.80. The number of thiocarbonyl (C=S) groups is 1. The summed E-state index contributed by atoms with van der Waals surface area (Å²) in [6.07, 6.45) is 5.61. The van der Waals surface area contributed by atoms with Crippen LogP contribution in [0.2, 0.25) is 0 Å². The molecule has 1 fully saturated rings. The number of pyridine rings is 1. The maximum atomic E-state index is 12.7. The fraction of sp³-hybridized carbons (Fsp3) is 0.158. The van der Waals surface area contributed by atoms with Crippen LogP contribution in [0.25, 0.3) is 6.08 Å². The van der Waals surface area contributed by atoms with E-state index in [0.717, 1.165) is 11.3 Å². The van der Waals surface area contributed by atoms with Crippen LogP contribution in [0.5, 0.6) is 0 Å². The summed E-state index contributed by atoms with van der Waals surface area (Å²) in [6.45, 7) is 0.680. The van der Waals surface area contributed by atoms with E-state index in [0.29, 0.717) is 27.9 Å². The van der Waals surface area contributed by atoms with Crippen molar-refractivity contribution in [2.24, 2.45) is 0 Å². The summed E-state index contributed by atoms with van der Waals surface area (Å²) in [5.41, 5.74) is 2.63. The highest BCUT2D eigenvalue weighted by molar-refractivity contribution is 8.27.